The second-order valence-electron chi connectivity index (χ2n) is 6.94. The molecule has 0 atom stereocenters. The summed E-state index contributed by atoms with van der Waals surface area (Å²) in [7, 11) is 1.63. The lowest BCUT2D eigenvalue weighted by atomic mass is 10.2. The zero-order valence-electron chi connectivity index (χ0n) is 16.2. The monoisotopic (exact) mass is 399 g/mol. The smallest absolute Gasteiger partial charge is 0.141 e. The van der Waals surface area contributed by atoms with Crippen LogP contribution in [0.25, 0.3) is 21.8 Å². The average Bonchev–Trinajstić information content (AvgIpc) is 3.15. The molecule has 2 heterocycles. The standard InChI is InChI=1S/C23H18FN5O/c1-30-19-6-7-21-20(11-19)23(26-14-25-21)28-18-5-8-22-16(10-18)12-27-29(22)13-15-3-2-4-17(24)9-15/h2-12,14H,13H2,1H3,(H,25,26,28). The quantitative estimate of drug-likeness (QED) is 0.454. The molecule has 0 aliphatic carbocycles. The van der Waals surface area contributed by atoms with Crippen molar-refractivity contribution in [2.24, 2.45) is 0 Å². The number of nitrogens with one attached hydrogen (secondary N) is 1. The number of halogens is 1. The molecule has 0 aliphatic rings. The number of nitrogens with zero attached hydrogens (tertiary/aromatic N) is 4. The van der Waals surface area contributed by atoms with Gasteiger partial charge in [-0.25, -0.2) is 14.4 Å². The minimum absolute atomic E-state index is 0.246. The van der Waals surface area contributed by atoms with Crippen LogP contribution >= 0.6 is 0 Å². The number of anilines is 2. The molecule has 0 amide bonds. The molecule has 0 unspecified atom stereocenters. The SMILES string of the molecule is COc1ccc2ncnc(Nc3ccc4c(cnn4Cc4cccc(F)c4)c3)c2c1. The molecule has 0 spiro atoms. The van der Waals surface area contributed by atoms with Gasteiger partial charge in [-0.3, -0.25) is 4.68 Å². The third kappa shape index (κ3) is 3.41. The van der Waals surface area contributed by atoms with Crippen LogP contribution in [0.2, 0.25) is 0 Å². The maximum atomic E-state index is 13.5. The lowest BCUT2D eigenvalue weighted by Gasteiger charge is -2.10. The van der Waals surface area contributed by atoms with Crippen LogP contribution in [0.4, 0.5) is 15.9 Å². The van der Waals surface area contributed by atoms with E-state index in [1.807, 2.05) is 47.1 Å². The molecular weight excluding hydrogens is 381 g/mol. The van der Waals surface area contributed by atoms with E-state index in [0.717, 1.165) is 38.8 Å². The topological polar surface area (TPSA) is 64.9 Å². The molecule has 148 valence electrons. The Morgan fingerprint density at radius 2 is 1.97 bits per heavy atom. The fraction of sp³-hybridized carbons (Fsp3) is 0.0870. The Bertz CT molecular complexity index is 1360. The Hall–Kier alpha value is -4.00. The highest BCUT2D eigenvalue weighted by Crippen LogP contribution is 2.28. The highest BCUT2D eigenvalue weighted by molar-refractivity contribution is 5.92. The van der Waals surface area contributed by atoms with Crippen LogP contribution in [0.5, 0.6) is 5.75 Å². The first-order valence-corrected chi connectivity index (χ1v) is 9.45. The number of hydrogen-bond donors (Lipinski definition) is 1. The van der Waals surface area contributed by atoms with Crippen molar-refractivity contribution in [2.45, 2.75) is 6.54 Å². The van der Waals surface area contributed by atoms with Gasteiger partial charge in [-0.05, 0) is 54.1 Å². The number of fused-ring (bicyclic) bond motifs is 2. The summed E-state index contributed by atoms with van der Waals surface area (Å²) in [4.78, 5) is 8.70. The summed E-state index contributed by atoms with van der Waals surface area (Å²) >= 11 is 0. The van der Waals surface area contributed by atoms with Gasteiger partial charge in [-0.2, -0.15) is 5.10 Å². The van der Waals surface area contributed by atoms with Gasteiger partial charge >= 0.3 is 0 Å². The molecular formula is C23H18FN5O. The first-order chi connectivity index (χ1) is 14.7. The van der Waals surface area contributed by atoms with E-state index in [0.29, 0.717) is 12.4 Å². The van der Waals surface area contributed by atoms with Gasteiger partial charge in [0.25, 0.3) is 0 Å². The van der Waals surface area contributed by atoms with Gasteiger partial charge in [-0.15, -0.1) is 0 Å². The third-order valence-electron chi connectivity index (χ3n) is 4.97. The third-order valence-corrected chi connectivity index (χ3v) is 4.97. The fourth-order valence-electron chi connectivity index (χ4n) is 3.50. The van der Waals surface area contributed by atoms with E-state index in [-0.39, 0.29) is 5.82 Å². The largest absolute Gasteiger partial charge is 0.497 e. The molecule has 0 fully saturated rings. The van der Waals surface area contributed by atoms with Crippen LogP contribution in [0.1, 0.15) is 5.56 Å². The Labute approximate surface area is 172 Å². The number of benzene rings is 3. The zero-order chi connectivity index (χ0) is 20.5. The molecule has 2 aromatic heterocycles. The van der Waals surface area contributed by atoms with Gasteiger partial charge in [0.1, 0.15) is 23.7 Å². The lowest BCUT2D eigenvalue weighted by Crippen LogP contribution is -2.01. The van der Waals surface area contributed by atoms with Gasteiger partial charge < -0.3 is 10.1 Å². The van der Waals surface area contributed by atoms with E-state index in [1.165, 1.54) is 18.5 Å². The minimum atomic E-state index is -0.246. The van der Waals surface area contributed by atoms with Crippen LogP contribution < -0.4 is 10.1 Å². The van der Waals surface area contributed by atoms with Crippen LogP contribution in [0, 0.1) is 5.82 Å². The van der Waals surface area contributed by atoms with Crippen molar-refractivity contribution in [3.05, 3.63) is 84.6 Å². The fourth-order valence-corrected chi connectivity index (χ4v) is 3.50. The van der Waals surface area contributed by atoms with E-state index in [4.69, 9.17) is 4.74 Å². The van der Waals surface area contributed by atoms with Crippen molar-refractivity contribution >= 4 is 33.3 Å². The highest BCUT2D eigenvalue weighted by Gasteiger charge is 2.09. The van der Waals surface area contributed by atoms with E-state index in [2.05, 4.69) is 20.4 Å². The Morgan fingerprint density at radius 1 is 1.03 bits per heavy atom. The minimum Gasteiger partial charge on any atom is -0.497 e. The molecule has 30 heavy (non-hydrogen) atoms. The van der Waals surface area contributed by atoms with Crippen molar-refractivity contribution in [3.63, 3.8) is 0 Å². The predicted molar refractivity (Wildman–Crippen MR) is 115 cm³/mol. The highest BCUT2D eigenvalue weighted by atomic mass is 19.1. The molecule has 0 aliphatic heterocycles. The molecule has 6 nitrogen and oxygen atoms in total. The van der Waals surface area contributed by atoms with Crippen LogP contribution in [0.15, 0.2) is 73.2 Å². The predicted octanol–water partition coefficient (Wildman–Crippen LogP) is 4.92. The summed E-state index contributed by atoms with van der Waals surface area (Å²) in [6, 6.07) is 18.2. The molecule has 0 radical (unpaired) electrons. The van der Waals surface area contributed by atoms with Gasteiger partial charge in [-0.1, -0.05) is 12.1 Å². The van der Waals surface area contributed by atoms with Crippen LogP contribution in [-0.2, 0) is 6.54 Å². The van der Waals surface area contributed by atoms with E-state index < -0.39 is 0 Å². The molecule has 0 saturated heterocycles. The molecule has 0 saturated carbocycles. The van der Waals surface area contributed by atoms with Crippen LogP contribution in [0.3, 0.4) is 0 Å². The number of hydrogen-bond acceptors (Lipinski definition) is 5. The van der Waals surface area contributed by atoms with E-state index >= 15 is 0 Å². The Morgan fingerprint density at radius 3 is 2.83 bits per heavy atom. The number of ether oxygens (including phenoxy) is 1. The normalized spacial score (nSPS) is 11.1. The number of rotatable bonds is 5. The van der Waals surface area contributed by atoms with Crippen molar-refractivity contribution in [2.75, 3.05) is 12.4 Å². The number of methoxy groups -OCH3 is 1. The lowest BCUT2D eigenvalue weighted by molar-refractivity contribution is 0.415. The summed E-state index contributed by atoms with van der Waals surface area (Å²) < 4.78 is 20.7. The molecule has 0 bridgehead atoms. The van der Waals surface area contributed by atoms with E-state index in [9.17, 15) is 4.39 Å². The first-order valence-electron chi connectivity index (χ1n) is 9.45. The van der Waals surface area contributed by atoms with Crippen molar-refractivity contribution in [1.82, 2.24) is 19.7 Å². The van der Waals surface area contributed by atoms with Crippen LogP contribution in [-0.4, -0.2) is 26.9 Å². The van der Waals surface area contributed by atoms with E-state index in [1.54, 1.807) is 19.4 Å². The van der Waals surface area contributed by atoms with Crippen molar-refractivity contribution in [3.8, 4) is 5.75 Å². The summed E-state index contributed by atoms with van der Waals surface area (Å²) in [5, 5.41) is 9.68. The van der Waals surface area contributed by atoms with Gasteiger partial charge in [0.05, 0.1) is 30.9 Å². The van der Waals surface area contributed by atoms with Gasteiger partial charge in [0.2, 0.25) is 0 Å². The maximum absolute atomic E-state index is 13.5. The molecule has 7 heteroatoms. The first kappa shape index (κ1) is 18.1. The molecule has 1 N–H and O–H groups in total. The number of aromatic nitrogens is 4. The van der Waals surface area contributed by atoms with Gasteiger partial charge in [0, 0.05) is 16.5 Å². The Balaban J connectivity index is 1.46. The second kappa shape index (κ2) is 7.44. The average molecular weight is 399 g/mol. The molecule has 3 aromatic carbocycles. The summed E-state index contributed by atoms with van der Waals surface area (Å²) in [5.74, 6) is 1.20. The molecule has 5 aromatic rings. The maximum Gasteiger partial charge on any atom is 0.141 e. The van der Waals surface area contributed by atoms with Crippen molar-refractivity contribution < 1.29 is 9.13 Å². The van der Waals surface area contributed by atoms with Gasteiger partial charge in [0.15, 0.2) is 0 Å². The Kier molecular flexibility index (Phi) is 4.48. The molecule has 5 rings (SSSR count). The summed E-state index contributed by atoms with van der Waals surface area (Å²) in [6.07, 6.45) is 3.34. The summed E-state index contributed by atoms with van der Waals surface area (Å²) in [5.41, 5.74) is 3.55. The zero-order valence-corrected chi connectivity index (χ0v) is 16.2. The summed E-state index contributed by atoms with van der Waals surface area (Å²) in [6.45, 7) is 0.504. The second-order valence-corrected chi connectivity index (χ2v) is 6.94. The van der Waals surface area contributed by atoms with Crippen molar-refractivity contribution in [1.29, 1.82) is 0 Å².